The van der Waals surface area contributed by atoms with Crippen LogP contribution >= 0.6 is 0 Å². The first kappa shape index (κ1) is 20.1. The first-order chi connectivity index (χ1) is 15.2. The zero-order valence-corrected chi connectivity index (χ0v) is 18.2. The van der Waals surface area contributed by atoms with Gasteiger partial charge in [0.1, 0.15) is 0 Å². The van der Waals surface area contributed by atoms with Crippen molar-refractivity contribution in [2.45, 2.75) is 38.6 Å². The Morgan fingerprint density at radius 1 is 1.19 bits per heavy atom. The molecule has 1 aromatic heterocycles. The Morgan fingerprint density at radius 3 is 2.84 bits per heavy atom. The van der Waals surface area contributed by atoms with Gasteiger partial charge in [0.15, 0.2) is 0 Å². The van der Waals surface area contributed by atoms with E-state index in [-0.39, 0.29) is 5.91 Å². The summed E-state index contributed by atoms with van der Waals surface area (Å²) in [6.45, 7) is 5.22. The highest BCUT2D eigenvalue weighted by Gasteiger charge is 2.31. The fourth-order valence-electron chi connectivity index (χ4n) is 5.10. The first-order valence-corrected chi connectivity index (χ1v) is 11.4. The molecule has 5 nitrogen and oxygen atoms in total. The van der Waals surface area contributed by atoms with Gasteiger partial charge in [0.25, 0.3) is 0 Å². The van der Waals surface area contributed by atoms with Gasteiger partial charge in [-0.1, -0.05) is 30.3 Å². The topological polar surface area (TPSA) is 57.6 Å². The summed E-state index contributed by atoms with van der Waals surface area (Å²) in [6, 6.07) is 15.2. The van der Waals surface area contributed by atoms with E-state index in [4.69, 9.17) is 4.99 Å². The lowest BCUT2D eigenvalue weighted by atomic mass is 9.88. The molecule has 3 aliphatic rings. The van der Waals surface area contributed by atoms with E-state index in [1.54, 1.807) is 0 Å². The number of nitrogens with one attached hydrogen (secondary N) is 1. The van der Waals surface area contributed by atoms with Crippen molar-refractivity contribution < 1.29 is 4.79 Å². The third kappa shape index (κ3) is 4.33. The third-order valence-corrected chi connectivity index (χ3v) is 6.88. The maximum Gasteiger partial charge on any atom is 0.223 e. The second-order valence-electron chi connectivity index (χ2n) is 9.02. The molecule has 4 heterocycles. The summed E-state index contributed by atoms with van der Waals surface area (Å²) in [5.41, 5.74) is 7.19. The lowest BCUT2D eigenvalue weighted by Crippen LogP contribution is -2.41. The molecule has 1 aromatic carbocycles. The molecule has 3 aliphatic heterocycles. The predicted octanol–water partition coefficient (Wildman–Crippen LogP) is 3.85. The van der Waals surface area contributed by atoms with Gasteiger partial charge < -0.3 is 10.2 Å². The van der Waals surface area contributed by atoms with Crippen LogP contribution in [-0.4, -0.2) is 47.7 Å². The predicted molar refractivity (Wildman–Crippen MR) is 123 cm³/mol. The summed E-state index contributed by atoms with van der Waals surface area (Å²) in [6.07, 6.45) is 5.62. The Balaban J connectivity index is 1.19. The van der Waals surface area contributed by atoms with E-state index in [0.717, 1.165) is 55.9 Å². The SMILES string of the molecule is Cc1cc(C2=NCC3=C2CN(C(=O)CC2CCC(c4ccccc4)NC2)CC3)ccn1. The molecule has 2 aromatic rings. The van der Waals surface area contributed by atoms with Crippen LogP contribution in [0.2, 0.25) is 0 Å². The summed E-state index contributed by atoms with van der Waals surface area (Å²) < 4.78 is 0. The Hall–Kier alpha value is -2.79. The van der Waals surface area contributed by atoms with Crippen LogP contribution in [0.4, 0.5) is 0 Å². The number of rotatable bonds is 4. The normalized spacial score (nSPS) is 23.5. The molecule has 31 heavy (non-hydrogen) atoms. The average molecular weight is 415 g/mol. The van der Waals surface area contributed by atoms with E-state index in [1.807, 2.05) is 19.2 Å². The van der Waals surface area contributed by atoms with Crippen LogP contribution in [0, 0.1) is 12.8 Å². The van der Waals surface area contributed by atoms with E-state index >= 15 is 0 Å². The smallest absolute Gasteiger partial charge is 0.223 e. The molecular weight excluding hydrogens is 384 g/mol. The van der Waals surface area contributed by atoms with Crippen molar-refractivity contribution in [2.75, 3.05) is 26.2 Å². The Bertz CT molecular complexity index is 1020. The highest BCUT2D eigenvalue weighted by molar-refractivity contribution is 6.15. The van der Waals surface area contributed by atoms with E-state index in [1.165, 1.54) is 16.7 Å². The summed E-state index contributed by atoms with van der Waals surface area (Å²) in [7, 11) is 0. The minimum atomic E-state index is 0.286. The number of aryl methyl sites for hydroxylation is 1. The first-order valence-electron chi connectivity index (χ1n) is 11.4. The van der Waals surface area contributed by atoms with Crippen LogP contribution in [0.25, 0.3) is 0 Å². The monoisotopic (exact) mass is 414 g/mol. The zero-order chi connectivity index (χ0) is 21.2. The minimum Gasteiger partial charge on any atom is -0.338 e. The number of nitrogens with zero attached hydrogens (tertiary/aromatic N) is 3. The highest BCUT2D eigenvalue weighted by atomic mass is 16.2. The lowest BCUT2D eigenvalue weighted by molar-refractivity contribution is -0.132. The average Bonchev–Trinajstić information content (AvgIpc) is 3.23. The molecule has 5 heteroatoms. The molecular formula is C26H30N4O. The number of aliphatic imine (C=N–C) groups is 1. The molecule has 2 unspecified atom stereocenters. The van der Waals surface area contributed by atoms with Gasteiger partial charge in [-0.2, -0.15) is 0 Å². The van der Waals surface area contributed by atoms with Crippen LogP contribution in [0.3, 0.4) is 0 Å². The summed E-state index contributed by atoms with van der Waals surface area (Å²) >= 11 is 0. The van der Waals surface area contributed by atoms with E-state index < -0.39 is 0 Å². The van der Waals surface area contributed by atoms with Gasteiger partial charge in [-0.3, -0.25) is 14.8 Å². The molecule has 0 radical (unpaired) electrons. The van der Waals surface area contributed by atoms with Gasteiger partial charge in [0.2, 0.25) is 5.91 Å². The molecule has 5 rings (SSSR count). The largest absolute Gasteiger partial charge is 0.338 e. The molecule has 160 valence electrons. The van der Waals surface area contributed by atoms with Crippen LogP contribution in [0.5, 0.6) is 0 Å². The van der Waals surface area contributed by atoms with Crippen LogP contribution < -0.4 is 5.32 Å². The lowest BCUT2D eigenvalue weighted by Gasteiger charge is -2.33. The maximum absolute atomic E-state index is 13.1. The fourth-order valence-corrected chi connectivity index (χ4v) is 5.10. The van der Waals surface area contributed by atoms with Gasteiger partial charge in [-0.05, 0) is 67.5 Å². The van der Waals surface area contributed by atoms with Gasteiger partial charge in [0, 0.05) is 43.0 Å². The van der Waals surface area contributed by atoms with E-state index in [2.05, 4.69) is 51.6 Å². The molecule has 1 amide bonds. The number of aromatic nitrogens is 1. The fraction of sp³-hybridized carbons (Fsp3) is 0.423. The van der Waals surface area contributed by atoms with Crippen LogP contribution in [0.1, 0.15) is 48.5 Å². The molecule has 0 saturated carbocycles. The van der Waals surface area contributed by atoms with Crippen molar-refractivity contribution in [1.82, 2.24) is 15.2 Å². The standard InChI is InChI=1S/C26H30N4O/c1-18-13-21(9-11-27-18)26-23-17-30(12-10-22(23)16-29-26)25(31)14-19-7-8-24(28-15-19)20-5-3-2-4-6-20/h2-6,9,11,13,19,24,28H,7-8,10,12,14-17H2,1H3. The molecule has 1 N–H and O–H groups in total. The molecule has 1 saturated heterocycles. The summed E-state index contributed by atoms with van der Waals surface area (Å²) in [5.74, 6) is 0.705. The number of amides is 1. The van der Waals surface area contributed by atoms with Crippen LogP contribution in [-0.2, 0) is 4.79 Å². The third-order valence-electron chi connectivity index (χ3n) is 6.88. The van der Waals surface area contributed by atoms with Gasteiger partial charge in [-0.15, -0.1) is 0 Å². The Kier molecular flexibility index (Phi) is 5.68. The van der Waals surface area contributed by atoms with E-state index in [9.17, 15) is 4.79 Å². The van der Waals surface area contributed by atoms with Crippen molar-refractivity contribution in [3.8, 4) is 0 Å². The van der Waals surface area contributed by atoms with Gasteiger partial charge in [-0.25, -0.2) is 0 Å². The number of hydrogen-bond acceptors (Lipinski definition) is 4. The van der Waals surface area contributed by atoms with Crippen molar-refractivity contribution in [1.29, 1.82) is 0 Å². The molecule has 1 fully saturated rings. The second-order valence-corrected chi connectivity index (χ2v) is 9.02. The van der Waals surface area contributed by atoms with Crippen molar-refractivity contribution in [3.05, 3.63) is 76.6 Å². The van der Waals surface area contributed by atoms with Crippen molar-refractivity contribution in [2.24, 2.45) is 10.9 Å². The highest BCUT2D eigenvalue weighted by Crippen LogP contribution is 2.30. The summed E-state index contributed by atoms with van der Waals surface area (Å²) in [5, 5.41) is 3.66. The van der Waals surface area contributed by atoms with Gasteiger partial charge in [0.05, 0.1) is 12.3 Å². The minimum absolute atomic E-state index is 0.286. The second kappa shape index (κ2) is 8.75. The molecule has 2 atom stereocenters. The van der Waals surface area contributed by atoms with Crippen molar-refractivity contribution in [3.63, 3.8) is 0 Å². The zero-order valence-electron chi connectivity index (χ0n) is 18.2. The molecule has 0 spiro atoms. The number of carbonyl (C=O) groups is 1. The number of pyridine rings is 1. The van der Waals surface area contributed by atoms with E-state index in [0.29, 0.717) is 24.9 Å². The van der Waals surface area contributed by atoms with Gasteiger partial charge >= 0.3 is 0 Å². The summed E-state index contributed by atoms with van der Waals surface area (Å²) in [4.78, 5) is 24.3. The quantitative estimate of drug-likeness (QED) is 0.827. The number of hydrogen-bond donors (Lipinski definition) is 1. The molecule has 0 bridgehead atoms. The number of piperidine rings is 1. The van der Waals surface area contributed by atoms with Crippen LogP contribution in [0.15, 0.2) is 64.8 Å². The number of carbonyl (C=O) groups excluding carboxylic acids is 1. The Labute approximate surface area is 184 Å². The number of benzene rings is 1. The van der Waals surface area contributed by atoms with Crippen molar-refractivity contribution >= 4 is 11.6 Å². The maximum atomic E-state index is 13.1. The molecule has 0 aliphatic carbocycles. The Morgan fingerprint density at radius 2 is 2.06 bits per heavy atom.